The predicted molar refractivity (Wildman–Crippen MR) is 136 cm³/mol. The Hall–Kier alpha value is -4.41. The van der Waals surface area contributed by atoms with Crippen LogP contribution in [-0.4, -0.2) is 48.8 Å². The Bertz CT molecular complexity index is 1130. The molecule has 1 N–H and O–H groups in total. The number of amides is 3. The van der Waals surface area contributed by atoms with Crippen molar-refractivity contribution in [1.29, 1.82) is 0 Å². The molecule has 3 amide bonds. The number of fused-ring (bicyclic) bond motifs is 1. The van der Waals surface area contributed by atoms with E-state index in [0.29, 0.717) is 5.01 Å². The standard InChI is InChI=1S/C21H20N6O5.2C2H6/c1-22-18(32-3)17(21(30)26(2)25-31)24-23-15-11-7-10-14-16(15)20(29)27(19(14)28)12-13-8-5-4-6-9-13;2*1-2/h4-11,22H,12H2,1-3H3;2*1-2H3/b18-17-,24-23?;;. The summed E-state index contributed by atoms with van der Waals surface area (Å²) in [6.07, 6.45) is 0. The van der Waals surface area contributed by atoms with Gasteiger partial charge in [0.1, 0.15) is 0 Å². The average molecular weight is 497 g/mol. The first-order chi connectivity index (χ1) is 17.4. The molecule has 1 aliphatic rings. The van der Waals surface area contributed by atoms with Crippen molar-refractivity contribution in [2.45, 2.75) is 34.2 Å². The number of methoxy groups -OCH3 is 1. The quantitative estimate of drug-likeness (QED) is 0.139. The molecule has 1 aliphatic heterocycles. The number of nitrogens with one attached hydrogen (secondary N) is 1. The lowest BCUT2D eigenvalue weighted by Crippen LogP contribution is -2.29. The predicted octanol–water partition coefficient (Wildman–Crippen LogP) is 4.79. The van der Waals surface area contributed by atoms with Crippen LogP contribution in [0.25, 0.3) is 0 Å². The summed E-state index contributed by atoms with van der Waals surface area (Å²) < 4.78 is 5.07. The summed E-state index contributed by atoms with van der Waals surface area (Å²) in [5.74, 6) is -1.91. The molecular weight excluding hydrogens is 464 g/mol. The highest BCUT2D eigenvalue weighted by Gasteiger charge is 2.37. The van der Waals surface area contributed by atoms with E-state index in [2.05, 4.69) is 20.8 Å². The van der Waals surface area contributed by atoms with Crippen LogP contribution in [0.1, 0.15) is 54.0 Å². The van der Waals surface area contributed by atoms with Gasteiger partial charge in [0.25, 0.3) is 11.8 Å². The van der Waals surface area contributed by atoms with Gasteiger partial charge in [-0.2, -0.15) is 5.01 Å². The van der Waals surface area contributed by atoms with E-state index >= 15 is 0 Å². The molecule has 0 atom stereocenters. The largest absolute Gasteiger partial charge is 0.481 e. The van der Waals surface area contributed by atoms with Gasteiger partial charge in [0.05, 0.1) is 35.8 Å². The minimum Gasteiger partial charge on any atom is -0.481 e. The van der Waals surface area contributed by atoms with Crippen molar-refractivity contribution in [3.8, 4) is 0 Å². The zero-order valence-corrected chi connectivity index (χ0v) is 21.6. The zero-order chi connectivity index (χ0) is 27.3. The van der Waals surface area contributed by atoms with Crippen LogP contribution >= 0.6 is 0 Å². The number of hydrogen-bond donors (Lipinski definition) is 1. The maximum atomic E-state index is 13.0. The zero-order valence-electron chi connectivity index (χ0n) is 21.6. The Balaban J connectivity index is 0.00000154. The number of rotatable bonds is 8. The second-order valence-electron chi connectivity index (χ2n) is 6.62. The van der Waals surface area contributed by atoms with Crippen molar-refractivity contribution in [1.82, 2.24) is 15.2 Å². The van der Waals surface area contributed by atoms with Crippen molar-refractivity contribution in [3.63, 3.8) is 0 Å². The second-order valence-corrected chi connectivity index (χ2v) is 6.62. The Morgan fingerprint density at radius 2 is 1.64 bits per heavy atom. The first kappa shape index (κ1) is 29.6. The minimum absolute atomic E-state index is 0.0602. The van der Waals surface area contributed by atoms with Crippen molar-refractivity contribution < 1.29 is 19.1 Å². The van der Waals surface area contributed by atoms with Crippen molar-refractivity contribution in [2.75, 3.05) is 21.2 Å². The number of benzene rings is 2. The molecule has 36 heavy (non-hydrogen) atoms. The number of carbonyl (C=O) groups is 3. The van der Waals surface area contributed by atoms with Crippen LogP contribution in [0.5, 0.6) is 0 Å². The molecule has 0 saturated heterocycles. The Labute approximate surface area is 210 Å². The number of imide groups is 1. The minimum atomic E-state index is -0.879. The van der Waals surface area contributed by atoms with Gasteiger partial charge in [-0.25, -0.2) is 0 Å². The number of carbonyl (C=O) groups excluding carboxylic acids is 3. The highest BCUT2D eigenvalue weighted by molar-refractivity contribution is 6.23. The molecule has 0 aliphatic carbocycles. The van der Waals surface area contributed by atoms with E-state index in [1.54, 1.807) is 6.07 Å². The highest BCUT2D eigenvalue weighted by atomic mass is 16.5. The third kappa shape index (κ3) is 6.59. The third-order valence-corrected chi connectivity index (χ3v) is 4.68. The maximum Gasteiger partial charge on any atom is 0.302 e. The number of ether oxygens (including phenoxy) is 1. The summed E-state index contributed by atoms with van der Waals surface area (Å²) in [6, 6.07) is 13.7. The first-order valence-electron chi connectivity index (χ1n) is 11.4. The third-order valence-electron chi connectivity index (χ3n) is 4.68. The molecule has 0 fully saturated rings. The molecule has 0 unspecified atom stereocenters. The van der Waals surface area contributed by atoms with E-state index in [9.17, 15) is 19.3 Å². The van der Waals surface area contributed by atoms with Gasteiger partial charge < -0.3 is 10.1 Å². The number of azo groups is 1. The fourth-order valence-corrected chi connectivity index (χ4v) is 3.11. The smallest absolute Gasteiger partial charge is 0.302 e. The van der Waals surface area contributed by atoms with Gasteiger partial charge in [-0.15, -0.1) is 15.1 Å². The molecule has 2 aromatic carbocycles. The van der Waals surface area contributed by atoms with E-state index in [1.807, 2.05) is 58.0 Å². The fraction of sp³-hybridized carbons (Fsp3) is 0.320. The average Bonchev–Trinajstić information content (AvgIpc) is 3.18. The van der Waals surface area contributed by atoms with E-state index in [4.69, 9.17) is 4.74 Å². The van der Waals surface area contributed by atoms with Gasteiger partial charge in [-0.1, -0.05) is 64.1 Å². The summed E-state index contributed by atoms with van der Waals surface area (Å²) in [5.41, 5.74) is 0.813. The van der Waals surface area contributed by atoms with E-state index < -0.39 is 17.7 Å². The number of nitrogens with zero attached hydrogens (tertiary/aromatic N) is 5. The van der Waals surface area contributed by atoms with Crippen LogP contribution in [0.2, 0.25) is 0 Å². The number of nitroso groups, excluding NO2 is 1. The summed E-state index contributed by atoms with van der Waals surface area (Å²) in [5, 5.41) is 13.6. The molecule has 11 heteroatoms. The molecule has 3 rings (SSSR count). The van der Waals surface area contributed by atoms with E-state index in [0.717, 1.165) is 17.5 Å². The van der Waals surface area contributed by atoms with E-state index in [1.165, 1.54) is 26.3 Å². The molecule has 2 aromatic rings. The van der Waals surface area contributed by atoms with E-state index in [-0.39, 0.29) is 34.9 Å². The van der Waals surface area contributed by atoms with Crippen LogP contribution in [-0.2, 0) is 16.1 Å². The van der Waals surface area contributed by atoms with Gasteiger partial charge in [0.2, 0.25) is 11.6 Å². The molecule has 11 nitrogen and oxygen atoms in total. The van der Waals surface area contributed by atoms with Crippen molar-refractivity contribution >= 4 is 23.4 Å². The lowest BCUT2D eigenvalue weighted by atomic mass is 10.1. The molecule has 0 bridgehead atoms. The normalized spacial score (nSPS) is 12.5. The van der Waals surface area contributed by atoms with Gasteiger partial charge in [0.15, 0.2) is 0 Å². The first-order valence-corrected chi connectivity index (χ1v) is 11.4. The van der Waals surface area contributed by atoms with Crippen LogP contribution < -0.4 is 5.32 Å². The summed E-state index contributed by atoms with van der Waals surface area (Å²) >= 11 is 0. The van der Waals surface area contributed by atoms with Crippen LogP contribution in [0.15, 0.2) is 75.6 Å². The van der Waals surface area contributed by atoms with Crippen LogP contribution in [0.3, 0.4) is 0 Å². The van der Waals surface area contributed by atoms with Gasteiger partial charge >= 0.3 is 5.91 Å². The molecule has 0 radical (unpaired) electrons. The fourth-order valence-electron chi connectivity index (χ4n) is 3.11. The highest BCUT2D eigenvalue weighted by Crippen LogP contribution is 2.32. The Kier molecular flexibility index (Phi) is 12.1. The molecule has 192 valence electrons. The Morgan fingerprint density at radius 1 is 1.00 bits per heavy atom. The lowest BCUT2D eigenvalue weighted by molar-refractivity contribution is -0.126. The second kappa shape index (κ2) is 14.8. The molecule has 1 heterocycles. The topological polar surface area (TPSA) is 133 Å². The van der Waals surface area contributed by atoms with Crippen LogP contribution in [0, 0.1) is 4.91 Å². The van der Waals surface area contributed by atoms with Gasteiger partial charge in [-0.05, 0) is 17.7 Å². The summed E-state index contributed by atoms with van der Waals surface area (Å²) in [7, 11) is 3.93. The SMILES string of the molecule is CC.CC.CN/C(OC)=C(/N=Nc1cccc2c1C(=O)N(Cc1ccccc1)C2=O)C(=O)N(C)N=O. The lowest BCUT2D eigenvalue weighted by Gasteiger charge is -2.13. The monoisotopic (exact) mass is 496 g/mol. The number of hydrogen-bond acceptors (Lipinski definition) is 9. The molecule has 0 aromatic heterocycles. The maximum absolute atomic E-state index is 13.0. The molecule has 0 saturated carbocycles. The number of likely N-dealkylation sites (N-methyl/N-ethyl adjacent to an activating group) is 1. The summed E-state index contributed by atoms with van der Waals surface area (Å²) in [6.45, 7) is 8.11. The Morgan fingerprint density at radius 3 is 2.19 bits per heavy atom. The molecular formula is C25H32N6O5. The van der Waals surface area contributed by atoms with Crippen molar-refractivity contribution in [2.24, 2.45) is 15.5 Å². The van der Waals surface area contributed by atoms with Gasteiger partial charge in [-0.3, -0.25) is 19.3 Å². The molecule has 0 spiro atoms. The van der Waals surface area contributed by atoms with Crippen LogP contribution in [0.4, 0.5) is 5.69 Å². The van der Waals surface area contributed by atoms with Gasteiger partial charge in [0, 0.05) is 14.1 Å². The summed E-state index contributed by atoms with van der Waals surface area (Å²) in [4.78, 5) is 50.2. The van der Waals surface area contributed by atoms with Crippen molar-refractivity contribution in [3.05, 3.63) is 81.7 Å².